The number of rotatable bonds is 7. The molecule has 1 heterocycles. The van der Waals surface area contributed by atoms with Crippen molar-refractivity contribution in [1.82, 2.24) is 15.1 Å². The van der Waals surface area contributed by atoms with Crippen molar-refractivity contribution in [3.05, 3.63) is 53.4 Å². The van der Waals surface area contributed by atoms with Gasteiger partial charge in [-0.3, -0.25) is 9.48 Å². The number of nitrogens with one attached hydrogen (secondary N) is 2. The molecule has 6 nitrogen and oxygen atoms in total. The molecule has 5 rings (SSSR count). The number of nitrogens with zero attached hydrogens (tertiary/aromatic N) is 3. The molecule has 2 aromatic rings. The highest BCUT2D eigenvalue weighted by atomic mass is 19.1. The maximum Gasteiger partial charge on any atom is 0.226 e. The molecule has 29 heavy (non-hydrogen) atoms. The Kier molecular flexibility index (Phi) is 4.49. The third-order valence-electron chi connectivity index (χ3n) is 5.98. The molecule has 1 atom stereocenters. The van der Waals surface area contributed by atoms with Crippen LogP contribution in [-0.2, 0) is 11.3 Å². The van der Waals surface area contributed by atoms with Crippen molar-refractivity contribution in [2.24, 2.45) is 10.8 Å². The van der Waals surface area contributed by atoms with Crippen LogP contribution < -0.4 is 5.32 Å². The Morgan fingerprint density at radius 2 is 2.00 bits per heavy atom. The SMILES string of the molecule is CC(=N)CC(NC(=O)C12CC(Cn3cc(C#N)cn3)(C1)C2)c1cc(F)cc(F)c1. The van der Waals surface area contributed by atoms with E-state index in [9.17, 15) is 13.6 Å². The Labute approximate surface area is 167 Å². The van der Waals surface area contributed by atoms with Crippen LogP contribution in [0.2, 0.25) is 0 Å². The minimum Gasteiger partial charge on any atom is -0.348 e. The van der Waals surface area contributed by atoms with Gasteiger partial charge < -0.3 is 10.7 Å². The number of aromatic nitrogens is 2. The van der Waals surface area contributed by atoms with Crippen molar-refractivity contribution in [3.63, 3.8) is 0 Å². The number of amides is 1. The summed E-state index contributed by atoms with van der Waals surface area (Å²) in [6.45, 7) is 2.27. The molecule has 0 saturated heterocycles. The molecule has 0 aliphatic heterocycles. The minimum absolute atomic E-state index is 0.0218. The fourth-order valence-electron chi connectivity index (χ4n) is 4.90. The van der Waals surface area contributed by atoms with Gasteiger partial charge in [-0.15, -0.1) is 0 Å². The first kappa shape index (κ1) is 19.2. The highest BCUT2D eigenvalue weighted by molar-refractivity contribution is 5.87. The zero-order chi connectivity index (χ0) is 20.8. The van der Waals surface area contributed by atoms with E-state index >= 15 is 0 Å². The molecule has 2 bridgehead atoms. The summed E-state index contributed by atoms with van der Waals surface area (Å²) < 4.78 is 29.0. The first-order chi connectivity index (χ1) is 13.7. The second-order valence-corrected chi connectivity index (χ2v) is 8.56. The molecule has 1 aromatic heterocycles. The zero-order valence-corrected chi connectivity index (χ0v) is 16.0. The third-order valence-corrected chi connectivity index (χ3v) is 5.98. The van der Waals surface area contributed by atoms with E-state index in [1.807, 2.05) is 0 Å². The lowest BCUT2D eigenvalue weighted by Crippen LogP contribution is -2.69. The van der Waals surface area contributed by atoms with E-state index in [0.717, 1.165) is 25.3 Å². The number of halogens is 2. The van der Waals surface area contributed by atoms with Crippen LogP contribution in [0.4, 0.5) is 8.78 Å². The molecule has 1 unspecified atom stereocenters. The molecule has 3 aliphatic carbocycles. The molecule has 3 fully saturated rings. The van der Waals surface area contributed by atoms with Gasteiger partial charge in [-0.25, -0.2) is 8.78 Å². The predicted molar refractivity (Wildman–Crippen MR) is 101 cm³/mol. The molecule has 8 heteroatoms. The van der Waals surface area contributed by atoms with Crippen LogP contribution in [0.3, 0.4) is 0 Å². The summed E-state index contributed by atoms with van der Waals surface area (Å²) in [5.41, 5.74) is 0.723. The molecule has 2 N–H and O–H groups in total. The number of hydrogen-bond acceptors (Lipinski definition) is 4. The smallest absolute Gasteiger partial charge is 0.226 e. The molecule has 1 aromatic carbocycles. The summed E-state index contributed by atoms with van der Waals surface area (Å²) in [5.74, 6) is -1.54. The van der Waals surface area contributed by atoms with Gasteiger partial charge in [-0.1, -0.05) is 0 Å². The van der Waals surface area contributed by atoms with Gasteiger partial charge in [0.25, 0.3) is 0 Å². The van der Waals surface area contributed by atoms with Crippen LogP contribution >= 0.6 is 0 Å². The average Bonchev–Trinajstić information content (AvgIpc) is 3.02. The summed E-state index contributed by atoms with van der Waals surface area (Å²) in [6.07, 6.45) is 5.59. The standard InChI is InChI=1S/C21H21F2N5O/c1-13(25)2-18(15-3-16(22)5-17(23)4-15)27-19(29)21-9-20(10-21,11-21)12-28-8-14(6-24)7-26-28/h3-5,7-8,18,25H,2,9-12H2,1H3,(H,27,29). The molecule has 3 aliphatic rings. The molecular weight excluding hydrogens is 376 g/mol. The topological polar surface area (TPSA) is 94.6 Å². The summed E-state index contributed by atoms with van der Waals surface area (Å²) in [5, 5.41) is 23.8. The third kappa shape index (κ3) is 3.53. The number of carbonyl (C=O) groups is 1. The predicted octanol–water partition coefficient (Wildman–Crippen LogP) is 3.49. The van der Waals surface area contributed by atoms with Crippen molar-refractivity contribution in [1.29, 1.82) is 10.7 Å². The van der Waals surface area contributed by atoms with Crippen LogP contribution in [0.5, 0.6) is 0 Å². The Bertz CT molecular complexity index is 998. The van der Waals surface area contributed by atoms with Crippen molar-refractivity contribution >= 4 is 11.6 Å². The number of benzene rings is 1. The Morgan fingerprint density at radius 1 is 1.34 bits per heavy atom. The maximum atomic E-state index is 13.6. The second-order valence-electron chi connectivity index (χ2n) is 8.56. The molecule has 3 saturated carbocycles. The normalized spacial score (nSPS) is 25.3. The molecule has 1 amide bonds. The lowest BCUT2D eigenvalue weighted by Gasteiger charge is -2.69. The first-order valence-corrected chi connectivity index (χ1v) is 9.46. The van der Waals surface area contributed by atoms with Crippen molar-refractivity contribution in [2.45, 2.75) is 45.2 Å². The molecular formula is C21H21F2N5O. The van der Waals surface area contributed by atoms with Crippen molar-refractivity contribution < 1.29 is 13.6 Å². The number of hydrogen-bond donors (Lipinski definition) is 2. The van der Waals surface area contributed by atoms with Crippen molar-refractivity contribution in [2.75, 3.05) is 0 Å². The zero-order valence-electron chi connectivity index (χ0n) is 16.0. The van der Waals surface area contributed by atoms with Crippen LogP contribution in [0.1, 0.15) is 49.8 Å². The van der Waals surface area contributed by atoms with Gasteiger partial charge >= 0.3 is 0 Å². The average molecular weight is 397 g/mol. The summed E-state index contributed by atoms with van der Waals surface area (Å²) in [4.78, 5) is 12.9. The minimum atomic E-state index is -0.706. The van der Waals surface area contributed by atoms with Gasteiger partial charge in [0.05, 0.1) is 23.2 Å². The molecule has 0 radical (unpaired) electrons. The summed E-state index contributed by atoms with van der Waals surface area (Å²) >= 11 is 0. The van der Waals surface area contributed by atoms with Gasteiger partial charge in [0, 0.05) is 30.9 Å². The number of nitriles is 1. The van der Waals surface area contributed by atoms with Gasteiger partial charge in [-0.05, 0) is 49.3 Å². The van der Waals surface area contributed by atoms with E-state index in [-0.39, 0.29) is 17.7 Å². The Balaban J connectivity index is 1.42. The van der Waals surface area contributed by atoms with Crippen LogP contribution in [0.25, 0.3) is 0 Å². The van der Waals surface area contributed by atoms with E-state index in [2.05, 4.69) is 16.5 Å². The van der Waals surface area contributed by atoms with Crippen LogP contribution in [0, 0.1) is 39.2 Å². The Hall–Kier alpha value is -3.08. The monoisotopic (exact) mass is 397 g/mol. The fourth-order valence-corrected chi connectivity index (χ4v) is 4.90. The maximum absolute atomic E-state index is 13.6. The van der Waals surface area contributed by atoms with E-state index in [0.29, 0.717) is 23.4 Å². The largest absolute Gasteiger partial charge is 0.348 e. The highest BCUT2D eigenvalue weighted by Gasteiger charge is 2.71. The molecule has 150 valence electrons. The summed E-state index contributed by atoms with van der Waals surface area (Å²) in [6, 6.07) is 4.60. The van der Waals surface area contributed by atoms with Gasteiger partial charge in [0.2, 0.25) is 5.91 Å². The lowest BCUT2D eigenvalue weighted by atomic mass is 9.35. The quantitative estimate of drug-likeness (QED) is 0.700. The molecule has 0 spiro atoms. The van der Waals surface area contributed by atoms with Crippen LogP contribution in [-0.4, -0.2) is 21.4 Å². The van der Waals surface area contributed by atoms with E-state index in [1.54, 1.807) is 17.8 Å². The Morgan fingerprint density at radius 3 is 2.55 bits per heavy atom. The second kappa shape index (κ2) is 6.76. The number of carbonyl (C=O) groups excluding carboxylic acids is 1. The summed E-state index contributed by atoms with van der Waals surface area (Å²) in [7, 11) is 0. The van der Waals surface area contributed by atoms with Gasteiger partial charge in [-0.2, -0.15) is 10.4 Å². The fraction of sp³-hybridized carbons (Fsp3) is 0.429. The van der Waals surface area contributed by atoms with E-state index in [1.165, 1.54) is 18.3 Å². The highest BCUT2D eigenvalue weighted by Crippen LogP contribution is 2.74. The first-order valence-electron chi connectivity index (χ1n) is 9.46. The van der Waals surface area contributed by atoms with Crippen LogP contribution in [0.15, 0.2) is 30.6 Å². The van der Waals surface area contributed by atoms with Crippen molar-refractivity contribution in [3.8, 4) is 6.07 Å². The van der Waals surface area contributed by atoms with E-state index in [4.69, 9.17) is 10.7 Å². The van der Waals surface area contributed by atoms with Gasteiger partial charge in [0.1, 0.15) is 17.7 Å². The van der Waals surface area contributed by atoms with E-state index < -0.39 is 23.1 Å². The lowest BCUT2D eigenvalue weighted by molar-refractivity contribution is -0.214. The van der Waals surface area contributed by atoms with Gasteiger partial charge in [0.15, 0.2) is 0 Å².